The standard InChI is InChI=1S/C7H17N3O/c1-5(10(3)4)7(11)9-6(2)8/h5-6H,8H2,1-4H3,(H,9,11)/t5-,6?/m0/s1. The van der Waals surface area contributed by atoms with Crippen LogP contribution in [0.25, 0.3) is 0 Å². The second kappa shape index (κ2) is 4.31. The quantitative estimate of drug-likeness (QED) is 0.538. The van der Waals surface area contributed by atoms with Crippen molar-refractivity contribution in [3.8, 4) is 0 Å². The molecule has 4 nitrogen and oxygen atoms in total. The van der Waals surface area contributed by atoms with Gasteiger partial charge < -0.3 is 11.1 Å². The van der Waals surface area contributed by atoms with E-state index in [9.17, 15) is 4.79 Å². The van der Waals surface area contributed by atoms with Crippen LogP contribution in [0.2, 0.25) is 0 Å². The van der Waals surface area contributed by atoms with Gasteiger partial charge in [-0.05, 0) is 27.9 Å². The molecule has 11 heavy (non-hydrogen) atoms. The Morgan fingerprint density at radius 1 is 1.45 bits per heavy atom. The maximum atomic E-state index is 11.2. The van der Waals surface area contributed by atoms with E-state index in [-0.39, 0.29) is 18.1 Å². The van der Waals surface area contributed by atoms with E-state index in [1.54, 1.807) is 6.92 Å². The summed E-state index contributed by atoms with van der Waals surface area (Å²) in [5.74, 6) is -0.0370. The van der Waals surface area contributed by atoms with Crippen LogP contribution in [-0.4, -0.2) is 37.1 Å². The Hall–Kier alpha value is -0.610. The smallest absolute Gasteiger partial charge is 0.238 e. The summed E-state index contributed by atoms with van der Waals surface area (Å²) < 4.78 is 0. The molecule has 0 bridgehead atoms. The fraction of sp³-hybridized carbons (Fsp3) is 0.857. The minimum atomic E-state index is -0.273. The summed E-state index contributed by atoms with van der Waals surface area (Å²) in [4.78, 5) is 13.0. The highest BCUT2D eigenvalue weighted by molar-refractivity contribution is 5.81. The lowest BCUT2D eigenvalue weighted by Crippen LogP contribution is -2.47. The molecule has 3 N–H and O–H groups in total. The average molecular weight is 159 g/mol. The van der Waals surface area contributed by atoms with Crippen molar-refractivity contribution in [1.29, 1.82) is 0 Å². The molecule has 0 aliphatic carbocycles. The molecule has 0 spiro atoms. The van der Waals surface area contributed by atoms with Gasteiger partial charge in [0.2, 0.25) is 5.91 Å². The zero-order valence-corrected chi connectivity index (χ0v) is 7.59. The molecule has 1 unspecified atom stereocenters. The highest BCUT2D eigenvalue weighted by Crippen LogP contribution is 1.90. The van der Waals surface area contributed by atoms with Gasteiger partial charge in [-0.15, -0.1) is 0 Å². The number of amides is 1. The fourth-order valence-corrected chi connectivity index (χ4v) is 0.580. The minimum absolute atomic E-state index is 0.0370. The monoisotopic (exact) mass is 159 g/mol. The van der Waals surface area contributed by atoms with E-state index in [1.807, 2.05) is 25.9 Å². The van der Waals surface area contributed by atoms with E-state index >= 15 is 0 Å². The Bertz CT molecular complexity index is 134. The van der Waals surface area contributed by atoms with Crippen LogP contribution in [0.3, 0.4) is 0 Å². The maximum absolute atomic E-state index is 11.2. The van der Waals surface area contributed by atoms with Crippen molar-refractivity contribution in [3.05, 3.63) is 0 Å². The highest BCUT2D eigenvalue weighted by Gasteiger charge is 2.14. The predicted octanol–water partition coefficient (Wildman–Crippen LogP) is -0.643. The van der Waals surface area contributed by atoms with E-state index in [4.69, 9.17) is 5.73 Å². The number of rotatable bonds is 3. The van der Waals surface area contributed by atoms with Crippen LogP contribution in [0.5, 0.6) is 0 Å². The first-order chi connectivity index (χ1) is 4.95. The summed E-state index contributed by atoms with van der Waals surface area (Å²) in [7, 11) is 3.71. The van der Waals surface area contributed by atoms with Gasteiger partial charge in [0.1, 0.15) is 0 Å². The van der Waals surface area contributed by atoms with E-state index in [1.165, 1.54) is 0 Å². The molecule has 2 atom stereocenters. The lowest BCUT2D eigenvalue weighted by atomic mass is 10.3. The van der Waals surface area contributed by atoms with Crippen molar-refractivity contribution in [2.24, 2.45) is 5.73 Å². The van der Waals surface area contributed by atoms with Crippen molar-refractivity contribution in [3.63, 3.8) is 0 Å². The van der Waals surface area contributed by atoms with E-state index in [0.717, 1.165) is 0 Å². The SMILES string of the molecule is CC(N)NC(=O)[C@H](C)N(C)C. The summed E-state index contributed by atoms with van der Waals surface area (Å²) in [5.41, 5.74) is 5.38. The second-order valence-corrected chi connectivity index (χ2v) is 2.94. The minimum Gasteiger partial charge on any atom is -0.340 e. The van der Waals surface area contributed by atoms with Crippen LogP contribution in [-0.2, 0) is 4.79 Å². The lowest BCUT2D eigenvalue weighted by Gasteiger charge is -2.20. The van der Waals surface area contributed by atoms with Gasteiger partial charge in [0, 0.05) is 0 Å². The number of nitrogens with two attached hydrogens (primary N) is 1. The molecule has 0 saturated carbocycles. The number of nitrogens with zero attached hydrogens (tertiary/aromatic N) is 1. The van der Waals surface area contributed by atoms with Gasteiger partial charge in [-0.1, -0.05) is 0 Å². The van der Waals surface area contributed by atoms with Crippen LogP contribution in [0.4, 0.5) is 0 Å². The summed E-state index contributed by atoms with van der Waals surface area (Å²) >= 11 is 0. The van der Waals surface area contributed by atoms with Crippen LogP contribution in [0.1, 0.15) is 13.8 Å². The van der Waals surface area contributed by atoms with E-state index < -0.39 is 0 Å². The number of nitrogens with one attached hydrogen (secondary N) is 1. The first-order valence-electron chi connectivity index (χ1n) is 3.67. The number of hydrogen-bond donors (Lipinski definition) is 2. The van der Waals surface area contributed by atoms with Gasteiger partial charge in [-0.3, -0.25) is 9.69 Å². The molecule has 1 amide bonds. The maximum Gasteiger partial charge on any atom is 0.238 e. The Kier molecular flexibility index (Phi) is 4.07. The zero-order valence-electron chi connectivity index (χ0n) is 7.59. The van der Waals surface area contributed by atoms with Gasteiger partial charge in [0.15, 0.2) is 0 Å². The summed E-state index contributed by atoms with van der Waals surface area (Å²) in [6, 6.07) is -0.124. The molecule has 0 rings (SSSR count). The average Bonchev–Trinajstić information content (AvgIpc) is 1.84. The molecular weight excluding hydrogens is 142 g/mol. The molecule has 4 heteroatoms. The number of carbonyl (C=O) groups excluding carboxylic acids is 1. The van der Waals surface area contributed by atoms with E-state index in [0.29, 0.717) is 0 Å². The van der Waals surface area contributed by atoms with Gasteiger partial charge in [-0.2, -0.15) is 0 Å². The molecule has 0 aliphatic rings. The largest absolute Gasteiger partial charge is 0.340 e. The number of carbonyl (C=O) groups is 1. The normalized spacial score (nSPS) is 16.2. The number of likely N-dealkylation sites (N-methyl/N-ethyl adjacent to an activating group) is 1. The van der Waals surface area contributed by atoms with Crippen molar-refractivity contribution in [1.82, 2.24) is 10.2 Å². The van der Waals surface area contributed by atoms with Crippen molar-refractivity contribution >= 4 is 5.91 Å². The highest BCUT2D eigenvalue weighted by atomic mass is 16.2. The topological polar surface area (TPSA) is 58.4 Å². The first-order valence-corrected chi connectivity index (χ1v) is 3.67. The van der Waals surface area contributed by atoms with Crippen LogP contribution in [0.15, 0.2) is 0 Å². The third kappa shape index (κ3) is 3.95. The van der Waals surface area contributed by atoms with Gasteiger partial charge in [0.05, 0.1) is 12.2 Å². The van der Waals surface area contributed by atoms with Crippen molar-refractivity contribution in [2.45, 2.75) is 26.1 Å². The molecule has 0 aromatic heterocycles. The predicted molar refractivity (Wildman–Crippen MR) is 44.9 cm³/mol. The molecule has 0 fully saturated rings. The van der Waals surface area contributed by atoms with Gasteiger partial charge in [0.25, 0.3) is 0 Å². The van der Waals surface area contributed by atoms with Crippen LogP contribution in [0, 0.1) is 0 Å². The first kappa shape index (κ1) is 10.4. The third-order valence-electron chi connectivity index (χ3n) is 1.52. The van der Waals surface area contributed by atoms with E-state index in [2.05, 4.69) is 5.32 Å². The third-order valence-corrected chi connectivity index (χ3v) is 1.52. The van der Waals surface area contributed by atoms with Crippen molar-refractivity contribution in [2.75, 3.05) is 14.1 Å². The molecule has 0 aromatic rings. The summed E-state index contributed by atoms with van der Waals surface area (Å²) in [5, 5.41) is 2.62. The Morgan fingerprint density at radius 2 is 1.91 bits per heavy atom. The summed E-state index contributed by atoms with van der Waals surface area (Å²) in [6.07, 6.45) is -0.273. The summed E-state index contributed by atoms with van der Waals surface area (Å²) in [6.45, 7) is 3.57. The number of hydrogen-bond acceptors (Lipinski definition) is 3. The van der Waals surface area contributed by atoms with Gasteiger partial charge in [-0.25, -0.2) is 0 Å². The van der Waals surface area contributed by atoms with Crippen LogP contribution >= 0.6 is 0 Å². The molecule has 0 heterocycles. The van der Waals surface area contributed by atoms with Crippen molar-refractivity contribution < 1.29 is 4.79 Å². The molecule has 0 aliphatic heterocycles. The molecule has 66 valence electrons. The lowest BCUT2D eigenvalue weighted by molar-refractivity contribution is -0.125. The second-order valence-electron chi connectivity index (χ2n) is 2.94. The van der Waals surface area contributed by atoms with Crippen LogP contribution < -0.4 is 11.1 Å². The molecule has 0 saturated heterocycles. The molecule has 0 aromatic carbocycles. The Balaban J connectivity index is 3.83. The van der Waals surface area contributed by atoms with Gasteiger partial charge >= 0.3 is 0 Å². The molecule has 0 radical (unpaired) electrons. The Morgan fingerprint density at radius 3 is 2.18 bits per heavy atom. The molecular formula is C7H17N3O. The fourth-order valence-electron chi connectivity index (χ4n) is 0.580. The Labute approximate surface area is 67.7 Å². The zero-order chi connectivity index (χ0) is 9.02.